The Labute approximate surface area is 139 Å². The number of hydrogen-bond donors (Lipinski definition) is 0. The third-order valence-electron chi connectivity index (χ3n) is 5.74. The molecule has 126 valence electrons. The maximum atomic E-state index is 12.5. The third-order valence-corrected chi connectivity index (χ3v) is 5.74. The number of ketones is 1. The standard InChI is InChI=1S/C20H28O3/c1-6-13(2)19(22)23-12-14(3)17-11-20(5)15(4)8-7-9-16(20)10-18(17)21/h6,10,15H,7-9,11-12H2,1-5H3/b13-6-,17-14+/t15-,20+/m0/s1. The fourth-order valence-electron chi connectivity index (χ4n) is 3.60. The van der Waals surface area contributed by atoms with Crippen LogP contribution >= 0.6 is 0 Å². The summed E-state index contributed by atoms with van der Waals surface area (Å²) in [6, 6.07) is 0. The van der Waals surface area contributed by atoms with Gasteiger partial charge in [0.15, 0.2) is 5.78 Å². The minimum Gasteiger partial charge on any atom is -0.458 e. The highest BCUT2D eigenvalue weighted by Gasteiger charge is 2.42. The first-order chi connectivity index (χ1) is 10.8. The molecule has 1 fully saturated rings. The molecule has 0 saturated heterocycles. The van der Waals surface area contributed by atoms with Crippen LogP contribution in [-0.2, 0) is 14.3 Å². The van der Waals surface area contributed by atoms with Crippen molar-refractivity contribution in [3.63, 3.8) is 0 Å². The van der Waals surface area contributed by atoms with E-state index < -0.39 is 0 Å². The van der Waals surface area contributed by atoms with Crippen LogP contribution in [0.1, 0.15) is 60.3 Å². The molecule has 1 saturated carbocycles. The number of fused-ring (bicyclic) bond motifs is 1. The van der Waals surface area contributed by atoms with Gasteiger partial charge in [-0.25, -0.2) is 4.79 Å². The van der Waals surface area contributed by atoms with Gasteiger partial charge in [-0.05, 0) is 69.4 Å². The molecule has 3 heteroatoms. The van der Waals surface area contributed by atoms with Gasteiger partial charge in [0.1, 0.15) is 6.61 Å². The van der Waals surface area contributed by atoms with Crippen molar-refractivity contribution < 1.29 is 14.3 Å². The van der Waals surface area contributed by atoms with E-state index in [0.717, 1.165) is 24.0 Å². The van der Waals surface area contributed by atoms with Crippen LogP contribution in [0.5, 0.6) is 0 Å². The van der Waals surface area contributed by atoms with E-state index in [-0.39, 0.29) is 23.8 Å². The highest BCUT2D eigenvalue weighted by molar-refractivity contribution is 6.06. The Morgan fingerprint density at radius 2 is 2.13 bits per heavy atom. The van der Waals surface area contributed by atoms with E-state index in [1.165, 1.54) is 18.4 Å². The quantitative estimate of drug-likeness (QED) is 0.567. The summed E-state index contributed by atoms with van der Waals surface area (Å²) in [4.78, 5) is 24.3. The van der Waals surface area contributed by atoms with Crippen molar-refractivity contribution in [1.29, 1.82) is 0 Å². The summed E-state index contributed by atoms with van der Waals surface area (Å²) in [5.74, 6) is 0.360. The Kier molecular flexibility index (Phi) is 5.28. The fourth-order valence-corrected chi connectivity index (χ4v) is 3.60. The molecule has 0 aromatic rings. The van der Waals surface area contributed by atoms with Crippen molar-refractivity contribution in [2.24, 2.45) is 11.3 Å². The first-order valence-electron chi connectivity index (χ1n) is 8.53. The van der Waals surface area contributed by atoms with Gasteiger partial charge >= 0.3 is 5.97 Å². The van der Waals surface area contributed by atoms with Crippen molar-refractivity contribution in [3.8, 4) is 0 Å². The number of ether oxygens (including phenoxy) is 1. The Balaban J connectivity index is 2.20. The Morgan fingerprint density at radius 1 is 1.43 bits per heavy atom. The van der Waals surface area contributed by atoms with E-state index in [4.69, 9.17) is 4.74 Å². The van der Waals surface area contributed by atoms with Crippen LogP contribution in [0.4, 0.5) is 0 Å². The van der Waals surface area contributed by atoms with E-state index in [1.54, 1.807) is 13.0 Å². The van der Waals surface area contributed by atoms with E-state index in [1.807, 2.05) is 19.9 Å². The van der Waals surface area contributed by atoms with Crippen LogP contribution in [0, 0.1) is 11.3 Å². The van der Waals surface area contributed by atoms with Crippen LogP contribution in [0.3, 0.4) is 0 Å². The molecular weight excluding hydrogens is 288 g/mol. The first kappa shape index (κ1) is 17.7. The second-order valence-electron chi connectivity index (χ2n) is 7.23. The molecule has 0 N–H and O–H groups in total. The summed E-state index contributed by atoms with van der Waals surface area (Å²) in [6.07, 6.45) is 7.77. The molecule has 0 heterocycles. The molecule has 2 aliphatic carbocycles. The van der Waals surface area contributed by atoms with Gasteiger partial charge in [0.2, 0.25) is 0 Å². The molecule has 23 heavy (non-hydrogen) atoms. The van der Waals surface area contributed by atoms with Gasteiger partial charge in [0, 0.05) is 11.1 Å². The summed E-state index contributed by atoms with van der Waals surface area (Å²) >= 11 is 0. The maximum Gasteiger partial charge on any atom is 0.333 e. The van der Waals surface area contributed by atoms with Crippen LogP contribution in [0.2, 0.25) is 0 Å². The van der Waals surface area contributed by atoms with E-state index in [0.29, 0.717) is 11.5 Å². The lowest BCUT2D eigenvalue weighted by atomic mass is 9.59. The highest BCUT2D eigenvalue weighted by Crippen LogP contribution is 2.51. The molecular formula is C20H28O3. The lowest BCUT2D eigenvalue weighted by molar-refractivity contribution is -0.138. The highest BCUT2D eigenvalue weighted by atomic mass is 16.5. The summed E-state index contributed by atoms with van der Waals surface area (Å²) in [5, 5.41) is 0. The van der Waals surface area contributed by atoms with Gasteiger partial charge in [-0.2, -0.15) is 0 Å². The van der Waals surface area contributed by atoms with Gasteiger partial charge in [-0.1, -0.05) is 25.5 Å². The molecule has 0 bridgehead atoms. The second-order valence-corrected chi connectivity index (χ2v) is 7.23. The molecule has 3 nitrogen and oxygen atoms in total. The average Bonchev–Trinajstić information content (AvgIpc) is 2.53. The van der Waals surface area contributed by atoms with E-state index >= 15 is 0 Å². The molecule has 0 aromatic carbocycles. The number of rotatable bonds is 3. The van der Waals surface area contributed by atoms with Crippen LogP contribution in [0.15, 0.2) is 34.4 Å². The summed E-state index contributed by atoms with van der Waals surface area (Å²) in [5.41, 5.74) is 3.68. The predicted octanol–water partition coefficient (Wildman–Crippen LogP) is 4.54. The molecule has 0 aliphatic heterocycles. The Bertz CT molecular complexity index is 606. The molecule has 0 aromatic heterocycles. The lowest BCUT2D eigenvalue weighted by Crippen LogP contribution is -2.36. The number of allylic oxidation sites excluding steroid dienone is 4. The van der Waals surface area contributed by atoms with Crippen molar-refractivity contribution >= 4 is 11.8 Å². The monoisotopic (exact) mass is 316 g/mol. The lowest BCUT2D eigenvalue weighted by Gasteiger charge is -2.45. The number of carbonyl (C=O) groups is 2. The minimum absolute atomic E-state index is 0.0754. The average molecular weight is 316 g/mol. The molecule has 2 rings (SSSR count). The normalized spacial score (nSPS) is 30.5. The van der Waals surface area contributed by atoms with Crippen molar-refractivity contribution in [1.82, 2.24) is 0 Å². The maximum absolute atomic E-state index is 12.5. The van der Waals surface area contributed by atoms with Crippen LogP contribution in [0.25, 0.3) is 0 Å². The number of carbonyl (C=O) groups excluding carboxylic acids is 2. The van der Waals surface area contributed by atoms with Gasteiger partial charge in [0.05, 0.1) is 0 Å². The third kappa shape index (κ3) is 3.49. The Morgan fingerprint density at radius 3 is 2.78 bits per heavy atom. The number of esters is 1. The zero-order chi connectivity index (χ0) is 17.2. The summed E-state index contributed by atoms with van der Waals surface area (Å²) in [7, 11) is 0. The number of hydrogen-bond acceptors (Lipinski definition) is 3. The fraction of sp³-hybridized carbons (Fsp3) is 0.600. The smallest absolute Gasteiger partial charge is 0.333 e. The second kappa shape index (κ2) is 6.86. The van der Waals surface area contributed by atoms with Gasteiger partial charge in [-0.3, -0.25) is 4.79 Å². The van der Waals surface area contributed by atoms with Gasteiger partial charge in [0.25, 0.3) is 0 Å². The topological polar surface area (TPSA) is 43.4 Å². The molecule has 0 unspecified atom stereocenters. The Hall–Kier alpha value is -1.64. The largest absolute Gasteiger partial charge is 0.458 e. The van der Waals surface area contributed by atoms with Crippen molar-refractivity contribution in [2.45, 2.75) is 60.3 Å². The van der Waals surface area contributed by atoms with E-state index in [9.17, 15) is 9.59 Å². The minimum atomic E-state index is -0.316. The van der Waals surface area contributed by atoms with E-state index in [2.05, 4.69) is 13.8 Å². The molecule has 0 radical (unpaired) electrons. The zero-order valence-corrected chi connectivity index (χ0v) is 15.0. The van der Waals surface area contributed by atoms with Crippen LogP contribution < -0.4 is 0 Å². The van der Waals surface area contributed by atoms with Gasteiger partial charge in [-0.15, -0.1) is 0 Å². The summed E-state index contributed by atoms with van der Waals surface area (Å²) < 4.78 is 5.32. The molecule has 0 amide bonds. The molecule has 2 aliphatic rings. The predicted molar refractivity (Wildman–Crippen MR) is 91.9 cm³/mol. The molecule has 0 spiro atoms. The zero-order valence-electron chi connectivity index (χ0n) is 15.0. The first-order valence-corrected chi connectivity index (χ1v) is 8.53. The van der Waals surface area contributed by atoms with Crippen LogP contribution in [-0.4, -0.2) is 18.4 Å². The SMILES string of the molecule is C/C=C(/C)C(=O)OC/C(C)=C1\C[C@@]2(C)C(=CC1=O)CCC[C@@H]2C. The van der Waals surface area contributed by atoms with Crippen molar-refractivity contribution in [2.75, 3.05) is 6.61 Å². The van der Waals surface area contributed by atoms with Gasteiger partial charge < -0.3 is 4.74 Å². The van der Waals surface area contributed by atoms with Crippen molar-refractivity contribution in [3.05, 3.63) is 34.4 Å². The molecule has 2 atom stereocenters. The summed E-state index contributed by atoms with van der Waals surface area (Å²) in [6.45, 7) is 10.2.